The molecule has 4 fully saturated rings. The first-order chi connectivity index (χ1) is 12.8. The average Bonchev–Trinajstić information content (AvgIpc) is 2.92. The number of ketones is 1. The van der Waals surface area contributed by atoms with Gasteiger partial charge in [0.15, 0.2) is 0 Å². The van der Waals surface area contributed by atoms with Crippen molar-refractivity contribution < 1.29 is 14.3 Å². The zero-order chi connectivity index (χ0) is 19.4. The van der Waals surface area contributed by atoms with Gasteiger partial charge in [-0.25, -0.2) is 0 Å². The van der Waals surface area contributed by atoms with Gasteiger partial charge in [0, 0.05) is 18.4 Å². The van der Waals surface area contributed by atoms with Gasteiger partial charge in [0.25, 0.3) is 0 Å². The fraction of sp³-hybridized carbons (Fsp3) is 0.826. The molecule has 150 valence electrons. The lowest BCUT2D eigenvalue weighted by molar-refractivity contribution is -0.157. The first-order valence-electron chi connectivity index (χ1n) is 10.9. The van der Waals surface area contributed by atoms with Gasteiger partial charge in [0.1, 0.15) is 11.9 Å². The SMILES string of the molecule is C=C1C[C@@H]2[C@H](CC[C@]3(C)C(=O)CC[C@@H]23)[C@@]2(C)CCC(OC(=O)CCN)C[C@H]12. The largest absolute Gasteiger partial charge is 0.462 e. The van der Waals surface area contributed by atoms with Gasteiger partial charge in [0.2, 0.25) is 0 Å². The van der Waals surface area contributed by atoms with Crippen LogP contribution in [0.1, 0.15) is 71.6 Å². The standard InChI is InChI=1S/C23H35NO3/c1-14-12-16-17-4-5-20(25)23(17,3)10-7-18(16)22(2)9-6-15(13-19(14)22)27-21(26)8-11-24/h15-19H,1,4-13,24H2,2-3H3/t15?,16-,17-,18-,19+,22+,23-/m0/s1. The molecule has 0 amide bonds. The molecule has 2 N–H and O–H groups in total. The number of esters is 1. The lowest BCUT2D eigenvalue weighted by Crippen LogP contribution is -2.54. The van der Waals surface area contributed by atoms with Crippen LogP contribution in [0.5, 0.6) is 0 Å². The topological polar surface area (TPSA) is 69.4 Å². The first-order valence-corrected chi connectivity index (χ1v) is 10.9. The molecule has 4 rings (SSSR count). The van der Waals surface area contributed by atoms with Crippen molar-refractivity contribution in [2.45, 2.75) is 77.7 Å². The third-order valence-corrected chi connectivity index (χ3v) is 8.93. The number of carbonyl (C=O) groups is 2. The highest BCUT2D eigenvalue weighted by molar-refractivity contribution is 5.87. The Bertz CT molecular complexity index is 658. The molecule has 0 heterocycles. The predicted molar refractivity (Wildman–Crippen MR) is 105 cm³/mol. The van der Waals surface area contributed by atoms with E-state index < -0.39 is 0 Å². The van der Waals surface area contributed by atoms with Crippen LogP contribution >= 0.6 is 0 Å². The summed E-state index contributed by atoms with van der Waals surface area (Å²) in [5, 5.41) is 0. The number of hydrogen-bond donors (Lipinski definition) is 1. The molecule has 0 bridgehead atoms. The highest BCUT2D eigenvalue weighted by atomic mass is 16.5. The molecule has 4 heteroatoms. The molecular formula is C23H35NO3. The third-order valence-electron chi connectivity index (χ3n) is 8.93. The van der Waals surface area contributed by atoms with Crippen molar-refractivity contribution in [3.05, 3.63) is 12.2 Å². The van der Waals surface area contributed by atoms with Gasteiger partial charge in [-0.1, -0.05) is 26.0 Å². The van der Waals surface area contributed by atoms with E-state index in [1.54, 1.807) is 0 Å². The van der Waals surface area contributed by atoms with Crippen LogP contribution in [-0.2, 0) is 14.3 Å². The number of allylic oxidation sites excluding steroid dienone is 1. The molecule has 0 saturated heterocycles. The average molecular weight is 374 g/mol. The number of Topliss-reactive ketones (excluding diaryl/α,β-unsaturated/α-hetero) is 1. The molecule has 0 aromatic carbocycles. The molecule has 0 aromatic heterocycles. The second kappa shape index (κ2) is 6.72. The van der Waals surface area contributed by atoms with Crippen molar-refractivity contribution in [2.24, 2.45) is 40.2 Å². The zero-order valence-electron chi connectivity index (χ0n) is 17.0. The summed E-state index contributed by atoms with van der Waals surface area (Å²) in [7, 11) is 0. The van der Waals surface area contributed by atoms with Crippen LogP contribution in [0.4, 0.5) is 0 Å². The quantitative estimate of drug-likeness (QED) is 0.599. The van der Waals surface area contributed by atoms with Crippen molar-refractivity contribution in [2.75, 3.05) is 6.54 Å². The second-order valence-electron chi connectivity index (χ2n) is 10.1. The van der Waals surface area contributed by atoms with E-state index >= 15 is 0 Å². The van der Waals surface area contributed by atoms with Crippen molar-refractivity contribution in [1.82, 2.24) is 0 Å². The van der Waals surface area contributed by atoms with E-state index in [-0.39, 0.29) is 22.9 Å². The van der Waals surface area contributed by atoms with Gasteiger partial charge in [-0.05, 0) is 74.0 Å². The van der Waals surface area contributed by atoms with Gasteiger partial charge < -0.3 is 10.5 Å². The number of fused-ring (bicyclic) bond motifs is 5. The van der Waals surface area contributed by atoms with Crippen LogP contribution in [0.2, 0.25) is 0 Å². The van der Waals surface area contributed by atoms with E-state index in [0.29, 0.717) is 42.4 Å². The van der Waals surface area contributed by atoms with Crippen LogP contribution in [0.3, 0.4) is 0 Å². The van der Waals surface area contributed by atoms with Crippen molar-refractivity contribution in [1.29, 1.82) is 0 Å². The molecule has 1 unspecified atom stereocenters. The molecule has 0 spiro atoms. The third kappa shape index (κ3) is 2.90. The van der Waals surface area contributed by atoms with Crippen LogP contribution in [0.15, 0.2) is 12.2 Å². The molecule has 7 atom stereocenters. The summed E-state index contributed by atoms with van der Waals surface area (Å²) < 4.78 is 5.70. The molecular weight excluding hydrogens is 338 g/mol. The van der Waals surface area contributed by atoms with E-state index in [9.17, 15) is 9.59 Å². The predicted octanol–water partition coefficient (Wildman–Crippen LogP) is 4.02. The lowest BCUT2D eigenvalue weighted by atomic mass is 9.44. The van der Waals surface area contributed by atoms with Gasteiger partial charge in [-0.15, -0.1) is 0 Å². The molecule has 4 aliphatic rings. The van der Waals surface area contributed by atoms with Crippen LogP contribution in [0.25, 0.3) is 0 Å². The Kier molecular flexibility index (Phi) is 4.77. The number of rotatable bonds is 3. The number of hydrogen-bond acceptors (Lipinski definition) is 4. The number of carbonyl (C=O) groups excluding carboxylic acids is 2. The fourth-order valence-corrected chi connectivity index (χ4v) is 7.45. The first kappa shape index (κ1) is 19.2. The Morgan fingerprint density at radius 2 is 2.00 bits per heavy atom. The zero-order valence-corrected chi connectivity index (χ0v) is 17.0. The summed E-state index contributed by atoms with van der Waals surface area (Å²) in [6.07, 6.45) is 8.40. The maximum atomic E-state index is 12.6. The number of nitrogens with two attached hydrogens (primary N) is 1. The number of ether oxygens (including phenoxy) is 1. The summed E-state index contributed by atoms with van der Waals surface area (Å²) in [5.74, 6) is 2.60. The Hall–Kier alpha value is -1.16. The maximum Gasteiger partial charge on any atom is 0.307 e. The maximum absolute atomic E-state index is 12.6. The van der Waals surface area contributed by atoms with Crippen molar-refractivity contribution in [3.63, 3.8) is 0 Å². The van der Waals surface area contributed by atoms with Crippen LogP contribution in [0, 0.1) is 34.5 Å². The van der Waals surface area contributed by atoms with Gasteiger partial charge in [-0.3, -0.25) is 9.59 Å². The van der Waals surface area contributed by atoms with Gasteiger partial charge in [0.05, 0.1) is 6.42 Å². The highest BCUT2D eigenvalue weighted by Gasteiger charge is 2.61. The van der Waals surface area contributed by atoms with E-state index in [2.05, 4.69) is 20.4 Å². The molecule has 4 aliphatic carbocycles. The smallest absolute Gasteiger partial charge is 0.307 e. The summed E-state index contributed by atoms with van der Waals surface area (Å²) in [6, 6.07) is 0. The molecule has 4 saturated carbocycles. The second-order valence-corrected chi connectivity index (χ2v) is 10.1. The normalized spacial score (nSPS) is 46.4. The van der Waals surface area contributed by atoms with Crippen LogP contribution < -0.4 is 5.73 Å². The monoisotopic (exact) mass is 373 g/mol. The Labute approximate surface area is 163 Å². The summed E-state index contributed by atoms with van der Waals surface area (Å²) >= 11 is 0. The summed E-state index contributed by atoms with van der Waals surface area (Å²) in [4.78, 5) is 24.5. The minimum absolute atomic E-state index is 0.0114. The summed E-state index contributed by atoms with van der Waals surface area (Å²) in [6.45, 7) is 9.53. The van der Waals surface area contributed by atoms with E-state index in [1.807, 2.05) is 0 Å². The molecule has 0 radical (unpaired) electrons. The van der Waals surface area contributed by atoms with Crippen molar-refractivity contribution in [3.8, 4) is 0 Å². The van der Waals surface area contributed by atoms with Crippen molar-refractivity contribution >= 4 is 11.8 Å². The lowest BCUT2D eigenvalue weighted by Gasteiger charge is -2.60. The Morgan fingerprint density at radius 1 is 1.22 bits per heavy atom. The van der Waals surface area contributed by atoms with E-state index in [0.717, 1.165) is 44.9 Å². The van der Waals surface area contributed by atoms with Crippen LogP contribution in [-0.4, -0.2) is 24.4 Å². The van der Waals surface area contributed by atoms with Gasteiger partial charge >= 0.3 is 5.97 Å². The molecule has 27 heavy (non-hydrogen) atoms. The molecule has 0 aliphatic heterocycles. The Morgan fingerprint density at radius 3 is 2.74 bits per heavy atom. The minimum Gasteiger partial charge on any atom is -0.462 e. The molecule has 0 aromatic rings. The van der Waals surface area contributed by atoms with E-state index in [4.69, 9.17) is 10.5 Å². The van der Waals surface area contributed by atoms with Gasteiger partial charge in [-0.2, -0.15) is 0 Å². The van der Waals surface area contributed by atoms with E-state index in [1.165, 1.54) is 12.0 Å². The highest BCUT2D eigenvalue weighted by Crippen LogP contribution is 2.66. The molecule has 4 nitrogen and oxygen atoms in total. The summed E-state index contributed by atoms with van der Waals surface area (Å²) in [5.41, 5.74) is 6.97. The minimum atomic E-state index is -0.164. The fourth-order valence-electron chi connectivity index (χ4n) is 7.45. The Balaban J connectivity index is 1.53.